The molecule has 54 valence electrons. The maximum Gasteiger partial charge on any atom is 0 e. The van der Waals surface area contributed by atoms with Crippen molar-refractivity contribution in [3.8, 4) is 0 Å². The zero-order valence-corrected chi connectivity index (χ0v) is 6.84. The molecule has 0 aromatic carbocycles. The van der Waals surface area contributed by atoms with Crippen molar-refractivity contribution in [3.05, 3.63) is 0 Å². The molecule has 0 heterocycles. The first-order valence-electron chi connectivity index (χ1n) is 3.41. The molecule has 0 aliphatic rings. The quantitative estimate of drug-likeness (QED) is 0.436. The molecule has 0 bridgehead atoms. The zero-order chi connectivity index (χ0) is 5.54. The van der Waals surface area contributed by atoms with E-state index in [1.165, 1.54) is 32.1 Å². The van der Waals surface area contributed by atoms with Crippen molar-refractivity contribution in [2.45, 2.75) is 46.0 Å². The molecule has 0 rings (SSSR count). The molecule has 0 amide bonds. The Balaban J connectivity index is 0. The van der Waals surface area contributed by atoms with Crippen molar-refractivity contribution in [2.24, 2.45) is 0 Å². The van der Waals surface area contributed by atoms with E-state index < -0.39 is 0 Å². The summed E-state index contributed by atoms with van der Waals surface area (Å²) in [6.07, 6.45) is 7.01. The van der Waals surface area contributed by atoms with Gasteiger partial charge in [-0.1, -0.05) is 46.0 Å². The van der Waals surface area contributed by atoms with E-state index in [1.54, 1.807) is 0 Å². The second-order valence-electron chi connectivity index (χ2n) is 2.06. The Morgan fingerprint density at radius 1 is 0.750 bits per heavy atom. The van der Waals surface area contributed by atoms with Crippen LogP contribution in [0.2, 0.25) is 0 Å². The summed E-state index contributed by atoms with van der Waals surface area (Å²) in [7, 11) is 0. The number of unbranched alkanes of at least 4 members (excludes halogenated alkanes) is 4. The van der Waals surface area contributed by atoms with Gasteiger partial charge in [-0.15, -0.1) is 0 Å². The van der Waals surface area contributed by atoms with Crippen LogP contribution >= 0.6 is 0 Å². The Bertz CT molecular complexity index is 23.6. The van der Waals surface area contributed by atoms with Gasteiger partial charge in [0.25, 0.3) is 0 Å². The van der Waals surface area contributed by atoms with Crippen LogP contribution in [0.15, 0.2) is 0 Å². The van der Waals surface area contributed by atoms with Gasteiger partial charge >= 0.3 is 0 Å². The topological polar surface area (TPSA) is 0 Å². The van der Waals surface area contributed by atoms with Crippen LogP contribution in [-0.4, -0.2) is 0 Å². The molecule has 0 nitrogen and oxygen atoms in total. The molecule has 1 heteroatoms. The van der Waals surface area contributed by atoms with E-state index in [9.17, 15) is 0 Å². The Kier molecular flexibility index (Phi) is 14.8. The summed E-state index contributed by atoms with van der Waals surface area (Å²) < 4.78 is 0. The molecule has 8 heavy (non-hydrogen) atoms. The van der Waals surface area contributed by atoms with Gasteiger partial charge in [-0.05, 0) is 0 Å². The maximum absolute atomic E-state index is 2.25. The Morgan fingerprint density at radius 2 is 1.12 bits per heavy atom. The van der Waals surface area contributed by atoms with Crippen LogP contribution in [0.25, 0.3) is 0 Å². The standard InChI is InChI=1S/C7H16.Ni/c1-3-5-7-6-4-2;/h3-7H2,1-2H3;. The third-order valence-electron chi connectivity index (χ3n) is 1.21. The summed E-state index contributed by atoms with van der Waals surface area (Å²) in [5, 5.41) is 0. The summed E-state index contributed by atoms with van der Waals surface area (Å²) in [6, 6.07) is 0. The molecule has 0 saturated carbocycles. The van der Waals surface area contributed by atoms with Gasteiger partial charge in [0, 0.05) is 16.5 Å². The first-order valence-corrected chi connectivity index (χ1v) is 3.41. The van der Waals surface area contributed by atoms with Crippen LogP contribution in [0.4, 0.5) is 0 Å². The number of rotatable bonds is 4. The van der Waals surface area contributed by atoms with Gasteiger partial charge < -0.3 is 0 Å². The molecule has 0 aromatic rings. The third-order valence-corrected chi connectivity index (χ3v) is 1.21. The normalized spacial score (nSPS) is 8.25. The smallest absolute Gasteiger partial charge is 0 e. The first-order chi connectivity index (χ1) is 3.41. The average Bonchev–Trinajstić information content (AvgIpc) is 1.69. The second kappa shape index (κ2) is 10.5. The Hall–Kier alpha value is 0.494. The van der Waals surface area contributed by atoms with Gasteiger partial charge in [-0.25, -0.2) is 0 Å². The summed E-state index contributed by atoms with van der Waals surface area (Å²) in [4.78, 5) is 0. The molecule has 0 aliphatic heterocycles. The van der Waals surface area contributed by atoms with Crippen molar-refractivity contribution in [1.82, 2.24) is 0 Å². The molecule has 0 N–H and O–H groups in total. The van der Waals surface area contributed by atoms with Crippen LogP contribution in [0.3, 0.4) is 0 Å². The predicted molar refractivity (Wildman–Crippen MR) is 34.4 cm³/mol. The summed E-state index contributed by atoms with van der Waals surface area (Å²) in [6.45, 7) is 4.49. The second-order valence-corrected chi connectivity index (χ2v) is 2.06. The van der Waals surface area contributed by atoms with E-state index in [1.807, 2.05) is 0 Å². The van der Waals surface area contributed by atoms with E-state index in [0.717, 1.165) is 0 Å². The molecule has 0 aromatic heterocycles. The van der Waals surface area contributed by atoms with Crippen LogP contribution < -0.4 is 0 Å². The minimum Gasteiger partial charge on any atom is -0.0654 e. The number of hydrogen-bond acceptors (Lipinski definition) is 0. The van der Waals surface area contributed by atoms with Gasteiger partial charge in [0.05, 0.1) is 0 Å². The predicted octanol–water partition coefficient (Wildman–Crippen LogP) is 2.97. The van der Waals surface area contributed by atoms with Gasteiger partial charge in [-0.3, -0.25) is 0 Å². The van der Waals surface area contributed by atoms with Gasteiger partial charge in [-0.2, -0.15) is 0 Å². The van der Waals surface area contributed by atoms with Crippen LogP contribution in [0.1, 0.15) is 46.0 Å². The van der Waals surface area contributed by atoms with E-state index in [4.69, 9.17) is 0 Å². The minimum atomic E-state index is 0. The van der Waals surface area contributed by atoms with E-state index in [2.05, 4.69) is 13.8 Å². The molecule has 0 saturated heterocycles. The first kappa shape index (κ1) is 11.3. The molecule has 0 spiro atoms. The van der Waals surface area contributed by atoms with Gasteiger partial charge in [0.1, 0.15) is 0 Å². The summed E-state index contributed by atoms with van der Waals surface area (Å²) in [5.74, 6) is 0. The maximum atomic E-state index is 2.25. The van der Waals surface area contributed by atoms with E-state index in [0.29, 0.717) is 0 Å². The van der Waals surface area contributed by atoms with Crippen LogP contribution in [-0.2, 0) is 16.5 Å². The SMILES string of the molecule is CCCCCCC.[Ni]. The average molecular weight is 159 g/mol. The molecular weight excluding hydrogens is 143 g/mol. The van der Waals surface area contributed by atoms with E-state index >= 15 is 0 Å². The molecule has 0 aliphatic carbocycles. The fourth-order valence-corrected chi connectivity index (χ4v) is 0.677. The molecule has 0 unspecified atom stereocenters. The Morgan fingerprint density at radius 3 is 1.38 bits per heavy atom. The van der Waals surface area contributed by atoms with Crippen molar-refractivity contribution in [3.63, 3.8) is 0 Å². The monoisotopic (exact) mass is 158 g/mol. The molecule has 0 radical (unpaired) electrons. The van der Waals surface area contributed by atoms with Crippen molar-refractivity contribution < 1.29 is 16.5 Å². The zero-order valence-electron chi connectivity index (χ0n) is 5.85. The summed E-state index contributed by atoms with van der Waals surface area (Å²) in [5.41, 5.74) is 0. The van der Waals surface area contributed by atoms with Gasteiger partial charge in [0.15, 0.2) is 0 Å². The fourth-order valence-electron chi connectivity index (χ4n) is 0.677. The van der Waals surface area contributed by atoms with Crippen LogP contribution in [0, 0.1) is 0 Å². The van der Waals surface area contributed by atoms with Gasteiger partial charge in [0.2, 0.25) is 0 Å². The number of hydrogen-bond donors (Lipinski definition) is 0. The van der Waals surface area contributed by atoms with Crippen molar-refractivity contribution >= 4 is 0 Å². The Labute approximate surface area is 63.0 Å². The molecule has 0 fully saturated rings. The third kappa shape index (κ3) is 9.71. The van der Waals surface area contributed by atoms with E-state index in [-0.39, 0.29) is 16.5 Å². The fraction of sp³-hybridized carbons (Fsp3) is 1.00. The summed E-state index contributed by atoms with van der Waals surface area (Å²) >= 11 is 0. The minimum absolute atomic E-state index is 0. The molecular formula is C7H16Ni. The molecule has 0 atom stereocenters. The largest absolute Gasteiger partial charge is 0.0654 e. The van der Waals surface area contributed by atoms with Crippen molar-refractivity contribution in [1.29, 1.82) is 0 Å². The van der Waals surface area contributed by atoms with Crippen molar-refractivity contribution in [2.75, 3.05) is 0 Å². The van der Waals surface area contributed by atoms with Crippen LogP contribution in [0.5, 0.6) is 0 Å².